The van der Waals surface area contributed by atoms with Gasteiger partial charge in [-0.25, -0.2) is 0 Å². The van der Waals surface area contributed by atoms with E-state index in [2.05, 4.69) is 22.3 Å². The third-order valence-electron chi connectivity index (χ3n) is 5.45. The van der Waals surface area contributed by atoms with Gasteiger partial charge < -0.3 is 10.5 Å². The maximum atomic E-state index is 9.78. The quantitative estimate of drug-likeness (QED) is 0.869. The summed E-state index contributed by atoms with van der Waals surface area (Å²) in [6, 6.07) is 2.27. The van der Waals surface area contributed by atoms with E-state index in [1.54, 1.807) is 4.68 Å². The maximum Gasteiger partial charge on any atom is 0.205 e. The van der Waals surface area contributed by atoms with Crippen LogP contribution in [-0.4, -0.2) is 19.6 Å². The fourth-order valence-corrected chi connectivity index (χ4v) is 4.24. The van der Waals surface area contributed by atoms with Crippen molar-refractivity contribution in [3.63, 3.8) is 0 Å². The lowest BCUT2D eigenvalue weighted by Gasteiger charge is -2.33. The molecule has 0 amide bonds. The van der Waals surface area contributed by atoms with Gasteiger partial charge >= 0.3 is 0 Å². The highest BCUT2D eigenvalue weighted by Gasteiger charge is 2.37. The first-order valence-corrected chi connectivity index (χ1v) is 9.41. The van der Waals surface area contributed by atoms with E-state index in [9.17, 15) is 5.26 Å². The van der Waals surface area contributed by atoms with E-state index in [1.807, 2.05) is 45.0 Å². The van der Waals surface area contributed by atoms with Crippen molar-refractivity contribution in [1.29, 1.82) is 5.26 Å². The minimum Gasteiger partial charge on any atom is -0.440 e. The Bertz CT molecular complexity index is 1090. The molecule has 0 bridgehead atoms. The van der Waals surface area contributed by atoms with Gasteiger partial charge in [-0.1, -0.05) is 0 Å². The number of nitrogens with zero attached hydrogens (tertiary/aromatic N) is 5. The zero-order valence-electron chi connectivity index (χ0n) is 16.7. The van der Waals surface area contributed by atoms with Gasteiger partial charge in [-0.15, -0.1) is 0 Å². The van der Waals surface area contributed by atoms with Crippen molar-refractivity contribution in [3.05, 3.63) is 63.3 Å². The third-order valence-corrected chi connectivity index (χ3v) is 5.45. The molecule has 7 heteroatoms. The summed E-state index contributed by atoms with van der Waals surface area (Å²) in [5.74, 6) is 0.783. The molecule has 0 saturated heterocycles. The van der Waals surface area contributed by atoms with Crippen LogP contribution < -0.4 is 5.73 Å². The molecule has 3 heterocycles. The Morgan fingerprint density at radius 1 is 1.18 bits per heavy atom. The molecule has 0 radical (unpaired) electrons. The lowest BCUT2D eigenvalue weighted by atomic mass is 9.77. The number of hydrogen-bond acceptors (Lipinski definition) is 5. The Morgan fingerprint density at radius 2 is 1.89 bits per heavy atom. The van der Waals surface area contributed by atoms with Gasteiger partial charge in [-0.3, -0.25) is 9.36 Å². The molecule has 2 N–H and O–H groups in total. The normalized spacial score (nSPS) is 21.0. The molecule has 144 valence electrons. The zero-order valence-corrected chi connectivity index (χ0v) is 16.7. The first-order valence-electron chi connectivity index (χ1n) is 9.41. The smallest absolute Gasteiger partial charge is 0.205 e. The molecule has 1 atom stereocenters. The standard InChI is InChI=1S/C21H24N6O/c1-12-15(10-26(3)24-12)8-14-6-5-7-16-19(18-11-27(4)25-13(18)2)17(9-22)21(23)28-20(14)16/h8,10-11,19H,5-7,23H2,1-4H3/b14-8+. The van der Waals surface area contributed by atoms with Crippen molar-refractivity contribution in [1.82, 2.24) is 19.6 Å². The van der Waals surface area contributed by atoms with Crippen molar-refractivity contribution in [2.45, 2.75) is 39.0 Å². The summed E-state index contributed by atoms with van der Waals surface area (Å²) in [5.41, 5.74) is 12.8. The highest BCUT2D eigenvalue weighted by Crippen LogP contribution is 2.47. The molecule has 0 spiro atoms. The van der Waals surface area contributed by atoms with Crippen LogP contribution in [-0.2, 0) is 18.8 Å². The van der Waals surface area contributed by atoms with Gasteiger partial charge in [0.2, 0.25) is 5.88 Å². The number of nitriles is 1. The fraction of sp³-hybridized carbons (Fsp3) is 0.381. The predicted octanol–water partition coefficient (Wildman–Crippen LogP) is 3.10. The molecule has 0 aromatic carbocycles. The van der Waals surface area contributed by atoms with Gasteiger partial charge in [-0.05, 0) is 50.3 Å². The Kier molecular flexibility index (Phi) is 4.34. The molecular formula is C21H24N6O. The number of nitrogens with two attached hydrogens (primary N) is 1. The maximum absolute atomic E-state index is 9.78. The lowest BCUT2D eigenvalue weighted by Crippen LogP contribution is -2.24. The number of aryl methyl sites for hydroxylation is 4. The van der Waals surface area contributed by atoms with Crippen LogP contribution in [0.4, 0.5) is 0 Å². The largest absolute Gasteiger partial charge is 0.440 e. The van der Waals surface area contributed by atoms with Crippen molar-refractivity contribution < 1.29 is 4.74 Å². The molecule has 2 aromatic heterocycles. The van der Waals surface area contributed by atoms with Crippen LogP contribution in [0.2, 0.25) is 0 Å². The summed E-state index contributed by atoms with van der Waals surface area (Å²) in [6.07, 6.45) is 8.89. The second-order valence-electron chi connectivity index (χ2n) is 7.49. The van der Waals surface area contributed by atoms with E-state index < -0.39 is 0 Å². The molecule has 28 heavy (non-hydrogen) atoms. The van der Waals surface area contributed by atoms with Gasteiger partial charge in [0, 0.05) is 37.6 Å². The Balaban J connectivity index is 1.87. The SMILES string of the molecule is Cc1nn(C)cc1/C=C1\CCCC2=C1OC(N)=C(C#N)C2c1cn(C)nc1C. The monoisotopic (exact) mass is 376 g/mol. The number of aromatic nitrogens is 4. The average Bonchev–Trinajstić information content (AvgIpc) is 3.14. The van der Waals surface area contributed by atoms with E-state index in [1.165, 1.54) is 0 Å². The second-order valence-corrected chi connectivity index (χ2v) is 7.49. The first kappa shape index (κ1) is 18.1. The number of allylic oxidation sites excluding steroid dienone is 3. The van der Waals surface area contributed by atoms with Crippen molar-refractivity contribution in [3.8, 4) is 6.07 Å². The zero-order chi connectivity index (χ0) is 20.0. The third kappa shape index (κ3) is 2.91. The topological polar surface area (TPSA) is 94.7 Å². The Labute approximate surface area is 164 Å². The van der Waals surface area contributed by atoms with Crippen LogP contribution >= 0.6 is 0 Å². The molecule has 0 fully saturated rings. The number of rotatable bonds is 2. The van der Waals surface area contributed by atoms with Crippen molar-refractivity contribution in [2.24, 2.45) is 19.8 Å². The van der Waals surface area contributed by atoms with Crippen LogP contribution in [0.1, 0.15) is 47.7 Å². The van der Waals surface area contributed by atoms with Crippen molar-refractivity contribution >= 4 is 6.08 Å². The molecule has 1 aliphatic carbocycles. The van der Waals surface area contributed by atoms with Crippen molar-refractivity contribution in [2.75, 3.05) is 0 Å². The minimum atomic E-state index is -0.207. The van der Waals surface area contributed by atoms with Crippen LogP contribution in [0.15, 0.2) is 40.8 Å². The predicted molar refractivity (Wildman–Crippen MR) is 105 cm³/mol. The fourth-order valence-electron chi connectivity index (χ4n) is 4.24. The molecule has 4 rings (SSSR count). The van der Waals surface area contributed by atoms with Gasteiger partial charge in [0.1, 0.15) is 17.4 Å². The molecule has 1 unspecified atom stereocenters. The van der Waals surface area contributed by atoms with Gasteiger partial charge in [0.15, 0.2) is 0 Å². The Morgan fingerprint density at radius 3 is 2.50 bits per heavy atom. The van der Waals surface area contributed by atoms with Crippen LogP contribution in [0, 0.1) is 25.2 Å². The van der Waals surface area contributed by atoms with Gasteiger partial charge in [0.25, 0.3) is 0 Å². The molecular weight excluding hydrogens is 352 g/mol. The van der Waals surface area contributed by atoms with Crippen LogP contribution in [0.5, 0.6) is 0 Å². The minimum absolute atomic E-state index is 0.185. The summed E-state index contributed by atoms with van der Waals surface area (Å²) < 4.78 is 9.61. The summed E-state index contributed by atoms with van der Waals surface area (Å²) in [5, 5.41) is 18.7. The summed E-state index contributed by atoms with van der Waals surface area (Å²) in [7, 11) is 3.81. The second kappa shape index (κ2) is 6.71. The highest BCUT2D eigenvalue weighted by molar-refractivity contribution is 5.63. The van der Waals surface area contributed by atoms with Gasteiger partial charge in [0.05, 0.1) is 17.3 Å². The van der Waals surface area contributed by atoms with E-state index in [-0.39, 0.29) is 11.8 Å². The lowest BCUT2D eigenvalue weighted by molar-refractivity contribution is 0.277. The molecule has 2 aromatic rings. The molecule has 7 nitrogen and oxygen atoms in total. The van der Waals surface area contributed by atoms with E-state index in [0.29, 0.717) is 5.57 Å². The average molecular weight is 376 g/mol. The summed E-state index contributed by atoms with van der Waals surface area (Å²) >= 11 is 0. The Hall–Kier alpha value is -3.27. The molecule has 2 aliphatic rings. The van der Waals surface area contributed by atoms with Crippen LogP contribution in [0.3, 0.4) is 0 Å². The van der Waals surface area contributed by atoms with E-state index in [4.69, 9.17) is 10.5 Å². The number of hydrogen-bond donors (Lipinski definition) is 1. The first-order chi connectivity index (χ1) is 13.4. The van der Waals surface area contributed by atoms with E-state index in [0.717, 1.165) is 58.7 Å². The molecule has 1 aliphatic heterocycles. The van der Waals surface area contributed by atoms with E-state index >= 15 is 0 Å². The summed E-state index contributed by atoms with van der Waals surface area (Å²) in [4.78, 5) is 0. The van der Waals surface area contributed by atoms with Crippen LogP contribution in [0.25, 0.3) is 6.08 Å². The number of ether oxygens (including phenoxy) is 1. The summed E-state index contributed by atoms with van der Waals surface area (Å²) in [6.45, 7) is 3.96. The highest BCUT2D eigenvalue weighted by atomic mass is 16.5. The molecule has 0 saturated carbocycles. The van der Waals surface area contributed by atoms with Gasteiger partial charge in [-0.2, -0.15) is 15.5 Å².